The zero-order valence-corrected chi connectivity index (χ0v) is 17.1. The van der Waals surface area contributed by atoms with E-state index in [1.54, 1.807) is 17.0 Å². The second-order valence-corrected chi connectivity index (χ2v) is 8.17. The first-order valence-electron chi connectivity index (χ1n) is 9.66. The maximum atomic E-state index is 13.5. The van der Waals surface area contributed by atoms with Gasteiger partial charge in [-0.15, -0.1) is 0 Å². The van der Waals surface area contributed by atoms with E-state index in [4.69, 9.17) is 9.72 Å². The van der Waals surface area contributed by atoms with Crippen LogP contribution in [-0.2, 0) is 9.53 Å². The number of anilines is 2. The minimum atomic E-state index is -0.595. The van der Waals surface area contributed by atoms with E-state index >= 15 is 0 Å². The standard InChI is InChI=1S/C24H18N2O3S/c1-15-8-2-6-12-19(15)26(24-25-18-11-5-7-13-21(18)30-24)22(27)14-20-16-9-3-4-10-17(16)23(28)29-20/h2-13,20H,14H2,1H3/t20-/m0/s1. The number of thiazole rings is 1. The third kappa shape index (κ3) is 3.15. The fraction of sp³-hybridized carbons (Fsp3) is 0.125. The van der Waals surface area contributed by atoms with Gasteiger partial charge in [0.05, 0.1) is 27.9 Å². The van der Waals surface area contributed by atoms with Crippen molar-refractivity contribution in [2.24, 2.45) is 0 Å². The summed E-state index contributed by atoms with van der Waals surface area (Å²) in [6.07, 6.45) is -0.547. The smallest absolute Gasteiger partial charge is 0.339 e. The largest absolute Gasteiger partial charge is 0.453 e. The van der Waals surface area contributed by atoms with E-state index in [0.29, 0.717) is 10.7 Å². The molecule has 30 heavy (non-hydrogen) atoms. The van der Waals surface area contributed by atoms with E-state index in [9.17, 15) is 9.59 Å². The van der Waals surface area contributed by atoms with Gasteiger partial charge in [-0.2, -0.15) is 0 Å². The summed E-state index contributed by atoms with van der Waals surface area (Å²) in [5.74, 6) is -0.552. The average Bonchev–Trinajstić information content (AvgIpc) is 3.31. The molecule has 5 nitrogen and oxygen atoms in total. The summed E-state index contributed by atoms with van der Waals surface area (Å²) < 4.78 is 6.52. The van der Waals surface area contributed by atoms with E-state index in [1.165, 1.54) is 11.3 Å². The summed E-state index contributed by atoms with van der Waals surface area (Å²) in [5.41, 5.74) is 3.87. The second kappa shape index (κ2) is 7.39. The number of nitrogens with zero attached hydrogens (tertiary/aromatic N) is 2. The summed E-state index contributed by atoms with van der Waals surface area (Å²) in [7, 11) is 0. The van der Waals surface area contributed by atoms with Gasteiger partial charge in [0, 0.05) is 5.56 Å². The number of hydrogen-bond donors (Lipinski definition) is 0. The Labute approximate surface area is 177 Å². The molecule has 0 fully saturated rings. The van der Waals surface area contributed by atoms with Crippen molar-refractivity contribution in [1.29, 1.82) is 0 Å². The lowest BCUT2D eigenvalue weighted by molar-refractivity contribution is -0.119. The fourth-order valence-electron chi connectivity index (χ4n) is 3.74. The molecule has 4 aromatic rings. The van der Waals surface area contributed by atoms with Gasteiger partial charge in [-0.05, 0) is 36.8 Å². The third-order valence-corrected chi connectivity index (χ3v) is 6.24. The number of ether oxygens (including phenoxy) is 1. The first kappa shape index (κ1) is 18.5. The number of carbonyl (C=O) groups is 2. The number of rotatable bonds is 4. The van der Waals surface area contributed by atoms with Crippen molar-refractivity contribution in [3.05, 3.63) is 89.5 Å². The van der Waals surface area contributed by atoms with E-state index in [0.717, 1.165) is 27.0 Å². The lowest BCUT2D eigenvalue weighted by Gasteiger charge is -2.23. The van der Waals surface area contributed by atoms with Crippen molar-refractivity contribution in [3.8, 4) is 0 Å². The van der Waals surface area contributed by atoms with E-state index < -0.39 is 6.10 Å². The highest BCUT2D eigenvalue weighted by Crippen LogP contribution is 2.38. The Hall–Kier alpha value is -3.51. The molecular weight excluding hydrogens is 396 g/mol. The molecule has 1 amide bonds. The molecular formula is C24H18N2O3S. The van der Waals surface area contributed by atoms with Gasteiger partial charge >= 0.3 is 5.97 Å². The molecule has 1 aliphatic rings. The number of fused-ring (bicyclic) bond motifs is 2. The van der Waals surface area contributed by atoms with E-state index in [1.807, 2.05) is 67.6 Å². The van der Waals surface area contributed by atoms with Crippen molar-refractivity contribution >= 4 is 44.2 Å². The lowest BCUT2D eigenvalue weighted by Crippen LogP contribution is -2.28. The van der Waals surface area contributed by atoms with Crippen LogP contribution in [0, 0.1) is 6.92 Å². The van der Waals surface area contributed by atoms with E-state index in [-0.39, 0.29) is 18.3 Å². The Bertz CT molecular complexity index is 1250. The normalized spacial score (nSPS) is 15.1. The summed E-state index contributed by atoms with van der Waals surface area (Å²) >= 11 is 1.47. The molecule has 0 unspecified atom stereocenters. The highest BCUT2D eigenvalue weighted by Gasteiger charge is 2.34. The van der Waals surface area contributed by atoms with Crippen molar-refractivity contribution in [1.82, 2.24) is 4.98 Å². The lowest BCUT2D eigenvalue weighted by atomic mass is 10.0. The number of carbonyl (C=O) groups excluding carboxylic acids is 2. The van der Waals surface area contributed by atoms with Crippen molar-refractivity contribution < 1.29 is 14.3 Å². The predicted octanol–water partition coefficient (Wildman–Crippen LogP) is 5.57. The van der Waals surface area contributed by atoms with Crippen LogP contribution in [0.1, 0.15) is 34.0 Å². The van der Waals surface area contributed by atoms with Crippen molar-refractivity contribution in [2.75, 3.05) is 4.90 Å². The number of cyclic esters (lactones) is 1. The third-order valence-electron chi connectivity index (χ3n) is 5.22. The van der Waals surface area contributed by atoms with Crippen LogP contribution in [0.3, 0.4) is 0 Å². The first-order chi connectivity index (χ1) is 14.6. The van der Waals surface area contributed by atoms with Gasteiger partial charge < -0.3 is 4.74 Å². The number of esters is 1. The van der Waals surface area contributed by atoms with Gasteiger partial charge in [-0.25, -0.2) is 9.78 Å². The number of para-hydroxylation sites is 2. The molecule has 148 valence electrons. The van der Waals surface area contributed by atoms with Crippen LogP contribution in [0.5, 0.6) is 0 Å². The monoisotopic (exact) mass is 414 g/mol. The number of amides is 1. The molecule has 0 aliphatic carbocycles. The molecule has 0 bridgehead atoms. The molecule has 0 saturated carbocycles. The van der Waals surface area contributed by atoms with Gasteiger partial charge in [-0.3, -0.25) is 9.69 Å². The number of aromatic nitrogens is 1. The minimum absolute atomic E-state index is 0.0486. The van der Waals surface area contributed by atoms with Crippen LogP contribution in [0.2, 0.25) is 0 Å². The van der Waals surface area contributed by atoms with Crippen LogP contribution < -0.4 is 4.90 Å². The van der Waals surface area contributed by atoms with Gasteiger partial charge in [0.25, 0.3) is 0 Å². The molecule has 3 aromatic carbocycles. The minimum Gasteiger partial charge on any atom is -0.453 e. The predicted molar refractivity (Wildman–Crippen MR) is 117 cm³/mol. The quantitative estimate of drug-likeness (QED) is 0.410. The molecule has 6 heteroatoms. The second-order valence-electron chi connectivity index (χ2n) is 7.17. The number of aryl methyl sites for hydroxylation is 1. The zero-order valence-electron chi connectivity index (χ0n) is 16.2. The molecule has 0 spiro atoms. The van der Waals surface area contributed by atoms with Crippen molar-refractivity contribution in [3.63, 3.8) is 0 Å². The topological polar surface area (TPSA) is 59.5 Å². The van der Waals surface area contributed by atoms with Gasteiger partial charge in [0.15, 0.2) is 5.13 Å². The van der Waals surface area contributed by atoms with E-state index in [2.05, 4.69) is 0 Å². The van der Waals surface area contributed by atoms with Gasteiger partial charge in [0.1, 0.15) is 6.10 Å². The molecule has 0 saturated heterocycles. The zero-order chi connectivity index (χ0) is 20.7. The average molecular weight is 414 g/mol. The summed E-state index contributed by atoms with van der Waals surface area (Å²) in [6.45, 7) is 1.97. The van der Waals surface area contributed by atoms with Crippen LogP contribution >= 0.6 is 11.3 Å². The first-order valence-corrected chi connectivity index (χ1v) is 10.5. The molecule has 1 aromatic heterocycles. The maximum Gasteiger partial charge on any atom is 0.339 e. The Morgan fingerprint density at radius 1 is 1.03 bits per heavy atom. The molecule has 0 radical (unpaired) electrons. The molecule has 5 rings (SSSR count). The Morgan fingerprint density at radius 2 is 1.77 bits per heavy atom. The van der Waals surface area contributed by atoms with Gasteiger partial charge in [-0.1, -0.05) is 59.9 Å². The highest BCUT2D eigenvalue weighted by molar-refractivity contribution is 7.22. The van der Waals surface area contributed by atoms with Crippen LogP contribution in [0.15, 0.2) is 72.8 Å². The van der Waals surface area contributed by atoms with Crippen LogP contribution in [0.25, 0.3) is 10.2 Å². The Morgan fingerprint density at radius 3 is 2.60 bits per heavy atom. The Balaban J connectivity index is 1.55. The highest BCUT2D eigenvalue weighted by atomic mass is 32.1. The summed E-state index contributed by atoms with van der Waals surface area (Å²) in [6, 6.07) is 22.8. The Kier molecular flexibility index (Phi) is 4.56. The molecule has 2 heterocycles. The maximum absolute atomic E-state index is 13.5. The molecule has 1 aliphatic heterocycles. The number of hydrogen-bond acceptors (Lipinski definition) is 5. The van der Waals surface area contributed by atoms with Crippen LogP contribution in [-0.4, -0.2) is 16.9 Å². The SMILES string of the molecule is Cc1ccccc1N(C(=O)C[C@@H]1OC(=O)c2ccccc21)c1nc2ccccc2s1. The molecule has 0 N–H and O–H groups in total. The molecule has 1 atom stereocenters. The number of benzene rings is 3. The van der Waals surface area contributed by atoms with Crippen LogP contribution in [0.4, 0.5) is 10.8 Å². The van der Waals surface area contributed by atoms with Gasteiger partial charge in [0.2, 0.25) is 5.91 Å². The van der Waals surface area contributed by atoms with Crippen molar-refractivity contribution in [2.45, 2.75) is 19.4 Å². The fourth-order valence-corrected chi connectivity index (χ4v) is 4.73. The summed E-state index contributed by atoms with van der Waals surface area (Å²) in [5, 5.41) is 0.605. The summed E-state index contributed by atoms with van der Waals surface area (Å²) in [4.78, 5) is 32.1.